The van der Waals surface area contributed by atoms with Crippen molar-refractivity contribution in [2.75, 3.05) is 26.0 Å². The van der Waals surface area contributed by atoms with Crippen molar-refractivity contribution >= 4 is 43.5 Å². The molecule has 0 atom stereocenters. The quantitative estimate of drug-likeness (QED) is 0.670. The number of nitrogens with zero attached hydrogens (tertiary/aromatic N) is 2. The van der Waals surface area contributed by atoms with E-state index in [2.05, 4.69) is 26.0 Å². The van der Waals surface area contributed by atoms with Gasteiger partial charge in [0.2, 0.25) is 15.9 Å². The van der Waals surface area contributed by atoms with Crippen LogP contribution in [0.5, 0.6) is 0 Å². The molecule has 0 saturated carbocycles. The van der Waals surface area contributed by atoms with Crippen molar-refractivity contribution in [1.29, 1.82) is 0 Å². The van der Waals surface area contributed by atoms with Crippen LogP contribution in [0.4, 0.5) is 5.69 Å². The Morgan fingerprint density at radius 3 is 2.56 bits per heavy atom. The minimum absolute atomic E-state index is 0.0949. The van der Waals surface area contributed by atoms with Crippen LogP contribution < -0.4 is 5.32 Å². The molecule has 0 saturated heterocycles. The summed E-state index contributed by atoms with van der Waals surface area (Å²) >= 11 is 3.36. The van der Waals surface area contributed by atoms with E-state index in [0.29, 0.717) is 10.2 Å². The highest BCUT2D eigenvalue weighted by atomic mass is 79.9. The minimum atomic E-state index is -3.95. The Morgan fingerprint density at radius 1 is 1.30 bits per heavy atom. The van der Waals surface area contributed by atoms with E-state index in [0.717, 1.165) is 9.87 Å². The fourth-order valence-electron chi connectivity index (χ4n) is 2.36. The van der Waals surface area contributed by atoms with E-state index in [9.17, 15) is 18.0 Å². The summed E-state index contributed by atoms with van der Waals surface area (Å²) in [6.45, 7) is 1.53. The monoisotopic (exact) mass is 457 g/mol. The third kappa shape index (κ3) is 4.76. The molecule has 0 aliphatic rings. The molecule has 1 heterocycles. The van der Waals surface area contributed by atoms with Crippen LogP contribution in [0.25, 0.3) is 0 Å². The zero-order chi connectivity index (χ0) is 20.4. The highest BCUT2D eigenvalue weighted by Gasteiger charge is 2.26. The molecule has 0 aliphatic carbocycles. The van der Waals surface area contributed by atoms with Crippen LogP contribution in [0.2, 0.25) is 0 Å². The van der Waals surface area contributed by atoms with Gasteiger partial charge in [0.1, 0.15) is 10.6 Å². The zero-order valence-electron chi connectivity index (χ0n) is 15.3. The van der Waals surface area contributed by atoms with Gasteiger partial charge in [0.05, 0.1) is 19.3 Å². The van der Waals surface area contributed by atoms with Crippen LogP contribution >= 0.6 is 15.9 Å². The number of likely N-dealkylation sites (N-methyl/N-ethyl adjacent to an activating group) is 1. The molecule has 146 valence electrons. The van der Waals surface area contributed by atoms with Crippen LogP contribution in [0, 0.1) is 6.92 Å². The molecule has 8 nitrogen and oxygen atoms in total. The molecule has 2 rings (SSSR count). The number of rotatable bonds is 6. The number of amides is 1. The number of ether oxygens (including phenoxy) is 1. The molecule has 0 fully saturated rings. The Kier molecular flexibility index (Phi) is 6.45. The molecule has 10 heteroatoms. The molecule has 1 N–H and O–H groups in total. The number of benzene rings is 1. The first-order valence-corrected chi connectivity index (χ1v) is 10.1. The maximum atomic E-state index is 12.7. The lowest BCUT2D eigenvalue weighted by Gasteiger charge is -2.16. The summed E-state index contributed by atoms with van der Waals surface area (Å²) in [6.07, 6.45) is 1.30. The van der Waals surface area contributed by atoms with Crippen LogP contribution in [-0.4, -0.2) is 49.9 Å². The predicted octanol–water partition coefficient (Wildman–Crippen LogP) is 2.14. The van der Waals surface area contributed by atoms with Gasteiger partial charge >= 0.3 is 5.97 Å². The second kappa shape index (κ2) is 8.24. The largest absolute Gasteiger partial charge is 0.464 e. The maximum absolute atomic E-state index is 12.7. The number of esters is 1. The Morgan fingerprint density at radius 2 is 1.96 bits per heavy atom. The summed E-state index contributed by atoms with van der Waals surface area (Å²) in [7, 11) is 0.0872. The fraction of sp³-hybridized carbons (Fsp3) is 0.294. The van der Waals surface area contributed by atoms with Crippen molar-refractivity contribution in [3.05, 3.63) is 46.2 Å². The highest BCUT2D eigenvalue weighted by molar-refractivity contribution is 9.10. The van der Waals surface area contributed by atoms with Crippen LogP contribution in [0.3, 0.4) is 0 Å². The lowest BCUT2D eigenvalue weighted by Crippen LogP contribution is -2.34. The average molecular weight is 458 g/mol. The fourth-order valence-corrected chi connectivity index (χ4v) is 4.15. The van der Waals surface area contributed by atoms with Gasteiger partial charge in [-0.15, -0.1) is 0 Å². The number of halogens is 1. The summed E-state index contributed by atoms with van der Waals surface area (Å²) in [5.74, 6) is -1.14. The summed E-state index contributed by atoms with van der Waals surface area (Å²) in [5.41, 5.74) is 1.66. The number of anilines is 1. The number of aryl methyl sites for hydroxylation is 2. The highest BCUT2D eigenvalue weighted by Crippen LogP contribution is 2.23. The van der Waals surface area contributed by atoms with Crippen molar-refractivity contribution in [3.63, 3.8) is 0 Å². The van der Waals surface area contributed by atoms with Crippen molar-refractivity contribution in [2.24, 2.45) is 7.05 Å². The van der Waals surface area contributed by atoms with Crippen molar-refractivity contribution in [1.82, 2.24) is 8.87 Å². The van der Waals surface area contributed by atoms with Crippen LogP contribution in [0.15, 0.2) is 39.8 Å². The van der Waals surface area contributed by atoms with E-state index in [4.69, 9.17) is 0 Å². The molecule has 1 aromatic heterocycles. The molecule has 27 heavy (non-hydrogen) atoms. The zero-order valence-corrected chi connectivity index (χ0v) is 17.7. The third-order valence-electron chi connectivity index (χ3n) is 3.85. The SMILES string of the molecule is COC(=O)c1cc(S(=O)(=O)N(C)CC(=O)Nc2ccc(C)cc2Br)cn1C. The Hall–Kier alpha value is -2.17. The van der Waals surface area contributed by atoms with E-state index in [1.807, 2.05) is 19.1 Å². The number of hydrogen-bond acceptors (Lipinski definition) is 5. The van der Waals surface area contributed by atoms with Gasteiger partial charge < -0.3 is 14.6 Å². The smallest absolute Gasteiger partial charge is 0.354 e. The van der Waals surface area contributed by atoms with Gasteiger partial charge in [0.15, 0.2) is 0 Å². The molecule has 1 aromatic carbocycles. The van der Waals surface area contributed by atoms with E-state index in [1.54, 1.807) is 6.07 Å². The first-order valence-electron chi connectivity index (χ1n) is 7.83. The first kappa shape index (κ1) is 21.1. The van der Waals surface area contributed by atoms with E-state index in [1.165, 1.54) is 38.0 Å². The van der Waals surface area contributed by atoms with Crippen LogP contribution in [0.1, 0.15) is 16.1 Å². The van der Waals surface area contributed by atoms with Gasteiger partial charge in [0, 0.05) is 24.8 Å². The van der Waals surface area contributed by atoms with Crippen molar-refractivity contribution in [2.45, 2.75) is 11.8 Å². The number of hydrogen-bond donors (Lipinski definition) is 1. The molecule has 0 radical (unpaired) electrons. The maximum Gasteiger partial charge on any atom is 0.354 e. The van der Waals surface area contributed by atoms with Crippen molar-refractivity contribution in [3.8, 4) is 0 Å². The average Bonchev–Trinajstić information content (AvgIpc) is 2.99. The van der Waals surface area contributed by atoms with Gasteiger partial charge in [0.25, 0.3) is 0 Å². The topological polar surface area (TPSA) is 97.7 Å². The molecule has 1 amide bonds. The number of nitrogens with one attached hydrogen (secondary N) is 1. The molecule has 2 aromatic rings. The number of carbonyl (C=O) groups excluding carboxylic acids is 2. The first-order chi connectivity index (χ1) is 12.6. The number of aromatic nitrogens is 1. The summed E-state index contributed by atoms with van der Waals surface area (Å²) in [6, 6.07) is 6.62. The second-order valence-corrected chi connectivity index (χ2v) is 8.86. The molecular weight excluding hydrogens is 438 g/mol. The Bertz CT molecular complexity index is 984. The predicted molar refractivity (Wildman–Crippen MR) is 104 cm³/mol. The molecule has 0 spiro atoms. The Labute approximate surface area is 166 Å². The Balaban J connectivity index is 2.15. The van der Waals surface area contributed by atoms with Gasteiger partial charge in [-0.3, -0.25) is 4.79 Å². The van der Waals surface area contributed by atoms with Gasteiger partial charge in [-0.05, 0) is 46.6 Å². The summed E-state index contributed by atoms with van der Waals surface area (Å²) in [4.78, 5) is 23.8. The minimum Gasteiger partial charge on any atom is -0.464 e. The van der Waals surface area contributed by atoms with Crippen LogP contribution in [-0.2, 0) is 26.6 Å². The van der Waals surface area contributed by atoms with E-state index in [-0.39, 0.29) is 17.1 Å². The lowest BCUT2D eigenvalue weighted by atomic mass is 10.2. The standard InChI is InChI=1S/C17H20BrN3O5S/c1-11-5-6-14(13(18)7-11)19-16(22)10-21(3)27(24,25)12-8-15(17(23)26-4)20(2)9-12/h5-9H,10H2,1-4H3,(H,19,22). The van der Waals surface area contributed by atoms with Crippen molar-refractivity contribution < 1.29 is 22.7 Å². The van der Waals surface area contributed by atoms with Gasteiger partial charge in [-0.2, -0.15) is 4.31 Å². The van der Waals surface area contributed by atoms with Gasteiger partial charge in [-0.1, -0.05) is 6.07 Å². The molecular formula is C17H20BrN3O5S. The summed E-state index contributed by atoms with van der Waals surface area (Å²) in [5, 5.41) is 2.66. The second-order valence-electron chi connectivity index (χ2n) is 5.96. The molecule has 0 aliphatic heterocycles. The lowest BCUT2D eigenvalue weighted by molar-refractivity contribution is -0.116. The normalized spacial score (nSPS) is 11.5. The van der Waals surface area contributed by atoms with E-state index >= 15 is 0 Å². The molecule has 0 bridgehead atoms. The number of carbonyl (C=O) groups is 2. The van der Waals surface area contributed by atoms with E-state index < -0.39 is 21.9 Å². The molecule has 0 unspecified atom stereocenters. The summed E-state index contributed by atoms with van der Waals surface area (Å²) < 4.78 is 33.0. The third-order valence-corrected chi connectivity index (χ3v) is 6.27. The van der Waals surface area contributed by atoms with Gasteiger partial charge in [-0.25, -0.2) is 13.2 Å². The number of methoxy groups -OCH3 is 1. The number of sulfonamides is 1.